The molecule has 3 aromatic rings. The van der Waals surface area contributed by atoms with Gasteiger partial charge >= 0.3 is 6.03 Å². The van der Waals surface area contributed by atoms with Crippen molar-refractivity contribution in [3.63, 3.8) is 0 Å². The van der Waals surface area contributed by atoms with Crippen LogP contribution in [0.5, 0.6) is 5.75 Å². The van der Waals surface area contributed by atoms with Gasteiger partial charge in [-0.3, -0.25) is 4.98 Å². The fraction of sp³-hybridized carbons (Fsp3) is 0.486. The molecular weight excluding hydrogens is 704 g/mol. The normalized spacial score (nSPS) is 17.6. The third-order valence-electron chi connectivity index (χ3n) is 8.82. The van der Waals surface area contributed by atoms with Crippen LogP contribution in [0.2, 0.25) is 5.02 Å². The minimum absolute atomic E-state index is 0.0402. The van der Waals surface area contributed by atoms with Crippen molar-refractivity contribution >= 4 is 27.7 Å². The van der Waals surface area contributed by atoms with Gasteiger partial charge in [-0.1, -0.05) is 29.8 Å². The average Bonchev–Trinajstić information content (AvgIpc) is 4.08. The summed E-state index contributed by atoms with van der Waals surface area (Å²) in [7, 11) is -3.88. The van der Waals surface area contributed by atoms with E-state index in [9.17, 15) is 33.6 Å². The number of rotatable bonds is 20. The molecule has 16 heteroatoms. The van der Waals surface area contributed by atoms with Crippen molar-refractivity contribution < 1.29 is 48.2 Å². The Labute approximate surface area is 301 Å². The molecule has 0 bridgehead atoms. The maximum atomic E-state index is 13.1. The molecule has 14 nitrogen and oxygen atoms in total. The second-order valence-corrected chi connectivity index (χ2v) is 15.0. The zero-order chi connectivity index (χ0) is 36.6. The molecule has 2 aliphatic carbocycles. The number of nitrogens with one attached hydrogen (secondary N) is 3. The number of benzene rings is 2. The number of aliphatic hydroxyl groups excluding tert-OH is 5. The maximum Gasteiger partial charge on any atom is 0.314 e. The largest absolute Gasteiger partial charge is 0.490 e. The topological polar surface area (TPSA) is 220 Å². The smallest absolute Gasteiger partial charge is 0.314 e. The molecule has 1 aromatic heterocycles. The van der Waals surface area contributed by atoms with Crippen LogP contribution in [-0.4, -0.2) is 102 Å². The molecule has 0 spiro atoms. The van der Waals surface area contributed by atoms with E-state index in [-0.39, 0.29) is 30.7 Å². The Morgan fingerprint density at radius 1 is 0.961 bits per heavy atom. The molecule has 0 aliphatic heterocycles. The van der Waals surface area contributed by atoms with Gasteiger partial charge in [0, 0.05) is 48.2 Å². The number of hydrogen-bond acceptors (Lipinski definition) is 11. The van der Waals surface area contributed by atoms with E-state index < -0.39 is 59.2 Å². The summed E-state index contributed by atoms with van der Waals surface area (Å²) >= 11 is 6.50. The number of urea groups is 1. The van der Waals surface area contributed by atoms with Crippen LogP contribution < -0.4 is 20.1 Å². The summed E-state index contributed by atoms with van der Waals surface area (Å²) in [6, 6.07) is 13.7. The molecule has 0 radical (unpaired) electrons. The van der Waals surface area contributed by atoms with Crippen LogP contribution in [0, 0.1) is 0 Å². The van der Waals surface area contributed by atoms with Gasteiger partial charge in [0.25, 0.3) is 0 Å². The van der Waals surface area contributed by atoms with Crippen molar-refractivity contribution in [2.75, 3.05) is 26.2 Å². The fourth-order valence-corrected chi connectivity index (χ4v) is 6.78. The van der Waals surface area contributed by atoms with Crippen molar-refractivity contribution in [1.82, 2.24) is 20.3 Å². The number of unbranched alkanes of at least 4 members (excludes halogenated alkanes) is 1. The summed E-state index contributed by atoms with van der Waals surface area (Å²) in [5, 5.41) is 52.8. The predicted octanol–water partition coefficient (Wildman–Crippen LogP) is 1.94. The molecule has 5 rings (SSSR count). The van der Waals surface area contributed by atoms with Gasteiger partial charge in [-0.2, -0.15) is 0 Å². The van der Waals surface area contributed by atoms with Crippen LogP contribution in [0.25, 0.3) is 11.1 Å². The lowest BCUT2D eigenvalue weighted by molar-refractivity contribution is -0.113. The Hall–Kier alpha value is -3.38. The van der Waals surface area contributed by atoms with Gasteiger partial charge in [-0.05, 0) is 80.0 Å². The van der Waals surface area contributed by atoms with E-state index in [0.717, 1.165) is 48.1 Å². The number of ether oxygens (including phenoxy) is 2. The van der Waals surface area contributed by atoms with E-state index in [1.54, 1.807) is 6.20 Å². The molecule has 0 unspecified atom stereocenters. The van der Waals surface area contributed by atoms with Crippen molar-refractivity contribution in [2.24, 2.45) is 0 Å². The van der Waals surface area contributed by atoms with Gasteiger partial charge in [0.2, 0.25) is 10.0 Å². The molecular formula is C35H45ClN4O10S. The number of para-hydroxylation sites is 1. The monoisotopic (exact) mass is 748 g/mol. The van der Waals surface area contributed by atoms with Gasteiger partial charge in [0.05, 0.1) is 35.9 Å². The van der Waals surface area contributed by atoms with Crippen LogP contribution in [-0.2, 0) is 27.0 Å². The SMILES string of the molecule is O=C(NCCCCNS(=O)(=O)c1ccc(Cl)c(COC2(c3cnccc3-c3ccccc3OC3CC3)CC2)c1)NC[C@H](O)[C@@H](O)[C@H](O)[C@H](O)CO. The van der Waals surface area contributed by atoms with Crippen molar-refractivity contribution in [3.05, 3.63) is 77.1 Å². The number of hydrogen-bond donors (Lipinski definition) is 8. The fourth-order valence-electron chi connectivity index (χ4n) is 5.49. The Morgan fingerprint density at radius 3 is 2.41 bits per heavy atom. The second kappa shape index (κ2) is 17.4. The second-order valence-electron chi connectivity index (χ2n) is 12.8. The van der Waals surface area contributed by atoms with Gasteiger partial charge < -0.3 is 45.6 Å². The number of aromatic nitrogens is 1. The first-order valence-corrected chi connectivity index (χ1v) is 18.8. The lowest BCUT2D eigenvalue weighted by atomic mass is 9.96. The first-order valence-electron chi connectivity index (χ1n) is 16.9. The number of nitrogens with zero attached hydrogens (tertiary/aromatic N) is 1. The van der Waals surface area contributed by atoms with Crippen LogP contribution in [0.4, 0.5) is 4.79 Å². The summed E-state index contributed by atoms with van der Waals surface area (Å²) in [5.74, 6) is 0.822. The predicted molar refractivity (Wildman–Crippen MR) is 187 cm³/mol. The number of pyridine rings is 1. The van der Waals surface area contributed by atoms with Gasteiger partial charge in [-0.25, -0.2) is 17.9 Å². The Bertz CT molecular complexity index is 1740. The van der Waals surface area contributed by atoms with E-state index in [1.807, 2.05) is 36.5 Å². The number of sulfonamides is 1. The van der Waals surface area contributed by atoms with E-state index >= 15 is 0 Å². The van der Waals surface area contributed by atoms with Crippen molar-refractivity contribution in [2.45, 2.75) is 86.1 Å². The first kappa shape index (κ1) is 38.8. The lowest BCUT2D eigenvalue weighted by Gasteiger charge is -2.25. The minimum Gasteiger partial charge on any atom is -0.490 e. The molecule has 0 saturated heterocycles. The highest BCUT2D eigenvalue weighted by atomic mass is 35.5. The summed E-state index contributed by atoms with van der Waals surface area (Å²) in [6.07, 6.45) is 1.46. The lowest BCUT2D eigenvalue weighted by Crippen LogP contribution is -2.50. The quantitative estimate of drug-likeness (QED) is 0.0781. The highest BCUT2D eigenvalue weighted by Gasteiger charge is 2.48. The van der Waals surface area contributed by atoms with Crippen molar-refractivity contribution in [1.29, 1.82) is 0 Å². The van der Waals surface area contributed by atoms with Gasteiger partial charge in [0.15, 0.2) is 0 Å². The van der Waals surface area contributed by atoms with Crippen LogP contribution in [0.1, 0.15) is 49.7 Å². The molecule has 4 atom stereocenters. The summed E-state index contributed by atoms with van der Waals surface area (Å²) < 4.78 is 41.5. The molecule has 2 saturated carbocycles. The number of aliphatic hydroxyl groups is 5. The zero-order valence-corrected chi connectivity index (χ0v) is 29.5. The zero-order valence-electron chi connectivity index (χ0n) is 27.9. The standard InChI is InChI=1S/C35H45ClN4O10S/c36-28-10-9-24(51(47,48)40-15-4-3-14-38-34(46)39-19-29(42)32(44)33(45)30(43)20-41)17-22(28)21-49-35(12-13-35)27-18-37-16-11-25(27)26-5-1-2-6-31(26)50-23-7-8-23/h1-2,5-6,9-11,16-18,23,29-30,32-33,40-45H,3-4,7-8,12-15,19-21H2,(H2,38,39,46)/t29-,30+,32+,33+/m0/s1. The first-order chi connectivity index (χ1) is 24.4. The van der Waals surface area contributed by atoms with E-state index in [4.69, 9.17) is 26.2 Å². The minimum atomic E-state index is -3.88. The highest BCUT2D eigenvalue weighted by Crippen LogP contribution is 2.53. The average molecular weight is 749 g/mol. The third-order valence-corrected chi connectivity index (χ3v) is 10.6. The summed E-state index contributed by atoms with van der Waals surface area (Å²) in [6.45, 7) is -0.848. The van der Waals surface area contributed by atoms with Crippen LogP contribution >= 0.6 is 11.6 Å². The Morgan fingerprint density at radius 2 is 1.69 bits per heavy atom. The molecule has 278 valence electrons. The molecule has 2 amide bonds. The molecule has 8 N–H and O–H groups in total. The Balaban J connectivity index is 1.10. The summed E-state index contributed by atoms with van der Waals surface area (Å²) in [5.41, 5.74) is 2.83. The van der Waals surface area contributed by atoms with Crippen molar-refractivity contribution in [3.8, 4) is 16.9 Å². The maximum absolute atomic E-state index is 13.1. The number of carbonyl (C=O) groups excluding carboxylic acids is 1. The number of carbonyl (C=O) groups is 1. The molecule has 2 fully saturated rings. The van der Waals surface area contributed by atoms with Gasteiger partial charge in [0.1, 0.15) is 24.1 Å². The molecule has 2 aromatic carbocycles. The molecule has 51 heavy (non-hydrogen) atoms. The number of amides is 2. The number of halogens is 1. The molecule has 1 heterocycles. The highest BCUT2D eigenvalue weighted by molar-refractivity contribution is 7.89. The third kappa shape index (κ3) is 10.4. The summed E-state index contributed by atoms with van der Waals surface area (Å²) in [4.78, 5) is 16.4. The van der Waals surface area contributed by atoms with Crippen LogP contribution in [0.3, 0.4) is 0 Å². The van der Waals surface area contributed by atoms with E-state index in [1.165, 1.54) is 18.2 Å². The van der Waals surface area contributed by atoms with E-state index in [2.05, 4.69) is 20.3 Å². The van der Waals surface area contributed by atoms with E-state index in [0.29, 0.717) is 23.4 Å². The Kier molecular flexibility index (Phi) is 13.3. The van der Waals surface area contributed by atoms with Gasteiger partial charge in [-0.15, -0.1) is 0 Å². The van der Waals surface area contributed by atoms with Crippen LogP contribution in [0.15, 0.2) is 65.8 Å². The molecule has 2 aliphatic rings.